The van der Waals surface area contributed by atoms with Gasteiger partial charge in [0.05, 0.1) is 11.4 Å². The zero-order valence-corrected chi connectivity index (χ0v) is 16.2. The van der Waals surface area contributed by atoms with Gasteiger partial charge in [0.15, 0.2) is 0 Å². The van der Waals surface area contributed by atoms with Gasteiger partial charge in [0.2, 0.25) is 11.8 Å². The number of hydrogen-bond donors (Lipinski definition) is 3. The molecule has 1 aromatic rings. The van der Waals surface area contributed by atoms with Crippen LogP contribution in [0.25, 0.3) is 0 Å². The molecule has 4 bridgehead atoms. The van der Waals surface area contributed by atoms with Gasteiger partial charge >= 0.3 is 10.2 Å². The summed E-state index contributed by atoms with van der Waals surface area (Å²) in [6.45, 7) is -0.257. The average Bonchev–Trinajstić information content (AvgIpc) is 2.87. The topological polar surface area (TPSA) is 122 Å². The van der Waals surface area contributed by atoms with E-state index in [0.29, 0.717) is 17.3 Å². The van der Waals surface area contributed by atoms with Crippen LogP contribution in [0.5, 0.6) is 0 Å². The Morgan fingerprint density at radius 1 is 1.18 bits per heavy atom. The molecule has 1 aliphatic heterocycles. The van der Waals surface area contributed by atoms with Crippen LogP contribution < -0.4 is 20.1 Å². The van der Waals surface area contributed by atoms with E-state index < -0.39 is 15.6 Å². The van der Waals surface area contributed by atoms with Crippen LogP contribution in [-0.2, 0) is 19.8 Å². The second-order valence-electron chi connectivity index (χ2n) is 8.84. The monoisotopic (exact) mass is 404 g/mol. The number of para-hydroxylation sites is 2. The highest BCUT2D eigenvalue weighted by molar-refractivity contribution is 7.94. The van der Waals surface area contributed by atoms with Crippen molar-refractivity contribution >= 4 is 33.4 Å². The highest BCUT2D eigenvalue weighted by Gasteiger charge is 2.58. The standard InChI is InChI=1S/C19H24N4O4S/c20-18(25)19-7-11-5-12(8-19)17(13(6-11)9-19)21-16(24)10-23-15-4-2-1-3-14(15)22-28(23,26)27/h1-4,11-13,17,22H,5-10H2,(H2,20,25)(H,21,24). The maximum absolute atomic E-state index is 12.8. The zero-order valence-electron chi connectivity index (χ0n) is 15.4. The first-order valence-corrected chi connectivity index (χ1v) is 11.2. The number of carbonyl (C=O) groups excluding carboxylic acids is 2. The number of amides is 2. The van der Waals surface area contributed by atoms with Crippen molar-refractivity contribution in [1.29, 1.82) is 0 Å². The van der Waals surface area contributed by atoms with E-state index in [9.17, 15) is 18.0 Å². The van der Waals surface area contributed by atoms with Crippen LogP contribution in [0.3, 0.4) is 0 Å². The number of nitrogens with one attached hydrogen (secondary N) is 2. The quantitative estimate of drug-likeness (QED) is 0.692. The Morgan fingerprint density at radius 2 is 1.86 bits per heavy atom. The fraction of sp³-hybridized carbons (Fsp3) is 0.579. The number of benzene rings is 1. The lowest BCUT2D eigenvalue weighted by Gasteiger charge is -2.58. The van der Waals surface area contributed by atoms with Crippen LogP contribution in [0.4, 0.5) is 11.4 Å². The second kappa shape index (κ2) is 5.85. The molecule has 4 saturated carbocycles. The molecule has 2 unspecified atom stereocenters. The van der Waals surface area contributed by atoms with Gasteiger partial charge in [-0.2, -0.15) is 8.42 Å². The SMILES string of the molecule is NC(=O)C12CC3CC(C1)C(NC(=O)CN1c4ccccc4NS1(=O)=O)C(C3)C2. The number of primary amides is 1. The van der Waals surface area contributed by atoms with Gasteiger partial charge in [-0.05, 0) is 62.0 Å². The number of carbonyl (C=O) groups is 2. The minimum absolute atomic E-state index is 0.00923. The molecule has 0 saturated heterocycles. The summed E-state index contributed by atoms with van der Waals surface area (Å²) < 4.78 is 28.4. The van der Waals surface area contributed by atoms with Crippen LogP contribution in [-0.4, -0.2) is 32.8 Å². The number of anilines is 2. The highest BCUT2D eigenvalue weighted by atomic mass is 32.2. The molecular weight excluding hydrogens is 380 g/mol. The molecule has 5 aliphatic rings. The summed E-state index contributed by atoms with van der Waals surface area (Å²) in [7, 11) is -3.76. The fourth-order valence-electron chi connectivity index (χ4n) is 6.19. The molecule has 8 nitrogen and oxygen atoms in total. The molecule has 2 atom stereocenters. The van der Waals surface area contributed by atoms with Gasteiger partial charge in [-0.25, -0.2) is 4.31 Å². The van der Waals surface area contributed by atoms with Gasteiger partial charge in [-0.1, -0.05) is 12.1 Å². The summed E-state index contributed by atoms with van der Waals surface area (Å²) >= 11 is 0. The van der Waals surface area contributed by atoms with E-state index in [2.05, 4.69) is 10.0 Å². The summed E-state index contributed by atoms with van der Waals surface area (Å²) in [4.78, 5) is 24.8. The first kappa shape index (κ1) is 17.8. The van der Waals surface area contributed by atoms with E-state index in [-0.39, 0.29) is 36.2 Å². The Hall–Kier alpha value is -2.29. The third kappa shape index (κ3) is 2.59. The van der Waals surface area contributed by atoms with E-state index in [1.54, 1.807) is 24.3 Å². The Kier molecular flexibility index (Phi) is 3.72. The normalized spacial score (nSPS) is 36.6. The van der Waals surface area contributed by atoms with Crippen molar-refractivity contribution in [3.8, 4) is 0 Å². The van der Waals surface area contributed by atoms with E-state index in [4.69, 9.17) is 5.73 Å². The van der Waals surface area contributed by atoms with Crippen LogP contribution in [0.15, 0.2) is 24.3 Å². The molecule has 9 heteroatoms. The molecule has 28 heavy (non-hydrogen) atoms. The van der Waals surface area contributed by atoms with Gasteiger partial charge in [-0.15, -0.1) is 0 Å². The lowest BCUT2D eigenvalue weighted by atomic mass is 9.47. The predicted octanol–water partition coefficient (Wildman–Crippen LogP) is 0.960. The van der Waals surface area contributed by atoms with Crippen LogP contribution in [0, 0.1) is 23.2 Å². The number of hydrogen-bond acceptors (Lipinski definition) is 4. The van der Waals surface area contributed by atoms with Crippen molar-refractivity contribution in [2.75, 3.05) is 15.6 Å². The van der Waals surface area contributed by atoms with Crippen molar-refractivity contribution in [1.82, 2.24) is 5.32 Å². The number of rotatable bonds is 4. The Morgan fingerprint density at radius 3 is 2.54 bits per heavy atom. The Labute approximate surface area is 164 Å². The predicted molar refractivity (Wildman–Crippen MR) is 103 cm³/mol. The van der Waals surface area contributed by atoms with Crippen molar-refractivity contribution in [2.45, 2.75) is 38.1 Å². The molecule has 0 spiro atoms. The van der Waals surface area contributed by atoms with Gasteiger partial charge in [0.25, 0.3) is 0 Å². The number of nitrogens with two attached hydrogens (primary N) is 1. The lowest BCUT2D eigenvalue weighted by Crippen LogP contribution is -2.62. The van der Waals surface area contributed by atoms with E-state index in [0.717, 1.165) is 36.4 Å². The molecule has 0 radical (unpaired) electrons. The molecule has 0 aromatic heterocycles. The lowest BCUT2D eigenvalue weighted by molar-refractivity contribution is -0.147. The van der Waals surface area contributed by atoms with E-state index in [1.807, 2.05) is 0 Å². The molecule has 4 N–H and O–H groups in total. The smallest absolute Gasteiger partial charge is 0.324 e. The molecule has 150 valence electrons. The first-order chi connectivity index (χ1) is 13.3. The molecule has 4 fully saturated rings. The number of fused-ring (bicyclic) bond motifs is 1. The molecular formula is C19H24N4O4S. The molecule has 4 aliphatic carbocycles. The fourth-order valence-corrected chi connectivity index (χ4v) is 7.46. The summed E-state index contributed by atoms with van der Waals surface area (Å²) in [5.74, 6) is 0.468. The molecule has 1 aromatic carbocycles. The van der Waals surface area contributed by atoms with E-state index >= 15 is 0 Å². The van der Waals surface area contributed by atoms with Gasteiger partial charge in [-0.3, -0.25) is 14.3 Å². The summed E-state index contributed by atoms with van der Waals surface area (Å²) in [5.41, 5.74) is 6.27. The highest BCUT2D eigenvalue weighted by Crippen LogP contribution is 2.59. The van der Waals surface area contributed by atoms with Gasteiger partial charge < -0.3 is 11.1 Å². The summed E-state index contributed by atoms with van der Waals surface area (Å²) in [6.07, 6.45) is 4.34. The van der Waals surface area contributed by atoms with Crippen molar-refractivity contribution < 1.29 is 18.0 Å². The van der Waals surface area contributed by atoms with Crippen LogP contribution >= 0.6 is 0 Å². The maximum atomic E-state index is 12.8. The number of nitrogens with zero attached hydrogens (tertiary/aromatic N) is 1. The minimum atomic E-state index is -3.76. The third-order valence-corrected chi connectivity index (χ3v) is 8.50. The minimum Gasteiger partial charge on any atom is -0.369 e. The Bertz CT molecular complexity index is 946. The summed E-state index contributed by atoms with van der Waals surface area (Å²) in [5, 5.41) is 3.09. The van der Waals surface area contributed by atoms with Crippen molar-refractivity contribution in [3.63, 3.8) is 0 Å². The largest absolute Gasteiger partial charge is 0.369 e. The van der Waals surface area contributed by atoms with Gasteiger partial charge in [0, 0.05) is 11.5 Å². The van der Waals surface area contributed by atoms with Gasteiger partial charge in [0.1, 0.15) is 6.54 Å². The van der Waals surface area contributed by atoms with Crippen molar-refractivity contribution in [2.24, 2.45) is 28.9 Å². The van der Waals surface area contributed by atoms with E-state index in [1.165, 1.54) is 0 Å². The molecule has 1 heterocycles. The Balaban J connectivity index is 1.32. The molecule has 2 amide bonds. The average molecular weight is 404 g/mol. The summed E-state index contributed by atoms with van der Waals surface area (Å²) in [6, 6.07) is 6.83. The zero-order chi connectivity index (χ0) is 19.7. The van der Waals surface area contributed by atoms with Crippen LogP contribution in [0.1, 0.15) is 32.1 Å². The third-order valence-electron chi connectivity index (χ3n) is 7.11. The van der Waals surface area contributed by atoms with Crippen molar-refractivity contribution in [3.05, 3.63) is 24.3 Å². The molecule has 6 rings (SSSR count). The maximum Gasteiger partial charge on any atom is 0.324 e. The first-order valence-electron chi connectivity index (χ1n) is 9.76. The van der Waals surface area contributed by atoms with Crippen LogP contribution in [0.2, 0.25) is 0 Å². The second-order valence-corrected chi connectivity index (χ2v) is 10.4.